The highest BCUT2D eigenvalue weighted by Gasteiger charge is 2.36. The molecule has 0 aromatic carbocycles. The van der Waals surface area contributed by atoms with E-state index >= 15 is 0 Å². The van der Waals surface area contributed by atoms with Crippen LogP contribution in [0.3, 0.4) is 0 Å². The van der Waals surface area contributed by atoms with Gasteiger partial charge in [0.1, 0.15) is 0 Å². The first-order valence-electron chi connectivity index (χ1n) is 7.82. The second-order valence-corrected chi connectivity index (χ2v) is 6.33. The predicted molar refractivity (Wildman–Crippen MR) is 73.1 cm³/mol. The topological polar surface area (TPSA) is 3.24 Å². The normalized spacial score (nSPS) is 34.4. The SMILES string of the molecule is CCCN1CCC[C@@H]2CC3=C(CCCC3)C[C@H]21. The monoisotopic (exact) mass is 233 g/mol. The Morgan fingerprint density at radius 1 is 1.06 bits per heavy atom. The number of fused-ring (bicyclic) bond motifs is 1. The fourth-order valence-corrected chi connectivity index (χ4v) is 4.40. The first-order valence-corrected chi connectivity index (χ1v) is 7.82. The summed E-state index contributed by atoms with van der Waals surface area (Å²) in [5, 5.41) is 0. The van der Waals surface area contributed by atoms with E-state index in [0.717, 1.165) is 12.0 Å². The minimum Gasteiger partial charge on any atom is -0.300 e. The van der Waals surface area contributed by atoms with Crippen molar-refractivity contribution in [1.29, 1.82) is 0 Å². The van der Waals surface area contributed by atoms with Crippen molar-refractivity contribution in [3.05, 3.63) is 11.1 Å². The lowest BCUT2D eigenvalue weighted by Crippen LogP contribution is -2.47. The van der Waals surface area contributed by atoms with E-state index in [1.54, 1.807) is 0 Å². The van der Waals surface area contributed by atoms with Gasteiger partial charge in [-0.2, -0.15) is 0 Å². The third-order valence-electron chi connectivity index (χ3n) is 5.22. The summed E-state index contributed by atoms with van der Waals surface area (Å²) in [6.07, 6.45) is 13.0. The summed E-state index contributed by atoms with van der Waals surface area (Å²) in [4.78, 5) is 2.81. The molecule has 1 fully saturated rings. The van der Waals surface area contributed by atoms with Crippen LogP contribution in [-0.2, 0) is 0 Å². The van der Waals surface area contributed by atoms with E-state index < -0.39 is 0 Å². The highest BCUT2D eigenvalue weighted by molar-refractivity contribution is 5.23. The number of piperidine rings is 1. The highest BCUT2D eigenvalue weighted by Crippen LogP contribution is 2.43. The van der Waals surface area contributed by atoms with Crippen LogP contribution < -0.4 is 0 Å². The number of allylic oxidation sites excluding steroid dienone is 1. The summed E-state index contributed by atoms with van der Waals surface area (Å²) in [6, 6.07) is 0.917. The van der Waals surface area contributed by atoms with E-state index in [-0.39, 0.29) is 0 Å². The van der Waals surface area contributed by atoms with Gasteiger partial charge in [0, 0.05) is 6.04 Å². The van der Waals surface area contributed by atoms with Crippen LogP contribution in [-0.4, -0.2) is 24.0 Å². The molecule has 2 atom stereocenters. The van der Waals surface area contributed by atoms with Crippen molar-refractivity contribution in [3.63, 3.8) is 0 Å². The maximum Gasteiger partial charge on any atom is 0.0164 e. The number of hydrogen-bond donors (Lipinski definition) is 0. The zero-order valence-corrected chi connectivity index (χ0v) is 11.4. The zero-order chi connectivity index (χ0) is 11.7. The Hall–Kier alpha value is -0.300. The molecule has 1 heterocycles. The summed E-state index contributed by atoms with van der Waals surface area (Å²) >= 11 is 0. The minimum atomic E-state index is 0.917. The summed E-state index contributed by atoms with van der Waals surface area (Å²) in [7, 11) is 0. The first-order chi connectivity index (χ1) is 8.38. The van der Waals surface area contributed by atoms with Crippen molar-refractivity contribution < 1.29 is 0 Å². The molecule has 3 rings (SSSR count). The van der Waals surface area contributed by atoms with Crippen molar-refractivity contribution in [3.8, 4) is 0 Å². The molecule has 0 aromatic rings. The average Bonchev–Trinajstić information content (AvgIpc) is 2.37. The van der Waals surface area contributed by atoms with Crippen LogP contribution in [0.15, 0.2) is 11.1 Å². The molecule has 1 heteroatoms. The Balaban J connectivity index is 1.76. The van der Waals surface area contributed by atoms with Gasteiger partial charge in [0.15, 0.2) is 0 Å². The first kappa shape index (κ1) is 11.8. The van der Waals surface area contributed by atoms with Crippen LogP contribution in [0.1, 0.15) is 64.7 Å². The van der Waals surface area contributed by atoms with Crippen LogP contribution in [0.2, 0.25) is 0 Å². The van der Waals surface area contributed by atoms with Crippen LogP contribution >= 0.6 is 0 Å². The minimum absolute atomic E-state index is 0.917. The van der Waals surface area contributed by atoms with Crippen LogP contribution in [0.4, 0.5) is 0 Å². The smallest absolute Gasteiger partial charge is 0.0164 e. The average molecular weight is 233 g/mol. The Morgan fingerprint density at radius 3 is 2.59 bits per heavy atom. The summed E-state index contributed by atoms with van der Waals surface area (Å²) < 4.78 is 0. The predicted octanol–water partition coefficient (Wildman–Crippen LogP) is 4.14. The molecule has 3 aliphatic rings. The quantitative estimate of drug-likeness (QED) is 0.648. The lowest BCUT2D eigenvalue weighted by molar-refractivity contribution is 0.0828. The molecule has 0 aromatic heterocycles. The second-order valence-electron chi connectivity index (χ2n) is 6.33. The molecule has 0 amide bonds. The molecule has 1 aliphatic heterocycles. The third kappa shape index (κ3) is 2.31. The Labute approximate surface area is 106 Å². The molecule has 0 radical (unpaired) electrons. The van der Waals surface area contributed by atoms with E-state index in [4.69, 9.17) is 0 Å². The lowest BCUT2D eigenvalue weighted by Gasteiger charge is -2.46. The van der Waals surface area contributed by atoms with Gasteiger partial charge in [-0.1, -0.05) is 18.1 Å². The van der Waals surface area contributed by atoms with E-state index in [2.05, 4.69) is 11.8 Å². The fourth-order valence-electron chi connectivity index (χ4n) is 4.40. The largest absolute Gasteiger partial charge is 0.300 e. The van der Waals surface area contributed by atoms with Gasteiger partial charge in [0.05, 0.1) is 0 Å². The summed E-state index contributed by atoms with van der Waals surface area (Å²) in [5.74, 6) is 1.01. The molecule has 2 aliphatic carbocycles. The van der Waals surface area contributed by atoms with E-state index in [1.165, 1.54) is 70.9 Å². The van der Waals surface area contributed by atoms with Crippen LogP contribution in [0, 0.1) is 5.92 Å². The molecule has 0 saturated carbocycles. The molecule has 96 valence electrons. The highest BCUT2D eigenvalue weighted by atomic mass is 15.2. The molecule has 0 N–H and O–H groups in total. The van der Waals surface area contributed by atoms with Crippen LogP contribution in [0.25, 0.3) is 0 Å². The molecular weight excluding hydrogens is 206 g/mol. The van der Waals surface area contributed by atoms with Crippen molar-refractivity contribution in [2.24, 2.45) is 5.92 Å². The van der Waals surface area contributed by atoms with Gasteiger partial charge in [-0.15, -0.1) is 0 Å². The molecule has 1 saturated heterocycles. The fraction of sp³-hybridized carbons (Fsp3) is 0.875. The van der Waals surface area contributed by atoms with Gasteiger partial charge in [0.25, 0.3) is 0 Å². The molecule has 1 nitrogen and oxygen atoms in total. The van der Waals surface area contributed by atoms with Crippen molar-refractivity contribution >= 4 is 0 Å². The van der Waals surface area contributed by atoms with Gasteiger partial charge in [-0.3, -0.25) is 4.90 Å². The van der Waals surface area contributed by atoms with Gasteiger partial charge >= 0.3 is 0 Å². The number of nitrogens with zero attached hydrogens (tertiary/aromatic N) is 1. The molecule has 17 heavy (non-hydrogen) atoms. The van der Waals surface area contributed by atoms with Gasteiger partial charge in [0.2, 0.25) is 0 Å². The zero-order valence-electron chi connectivity index (χ0n) is 11.4. The maximum atomic E-state index is 2.81. The Bertz CT molecular complexity index is 303. The van der Waals surface area contributed by atoms with E-state index in [0.29, 0.717) is 0 Å². The third-order valence-corrected chi connectivity index (χ3v) is 5.22. The Kier molecular flexibility index (Phi) is 3.56. The van der Waals surface area contributed by atoms with E-state index in [9.17, 15) is 0 Å². The molecular formula is C16H27N. The van der Waals surface area contributed by atoms with Gasteiger partial charge in [-0.05, 0) is 76.8 Å². The number of likely N-dealkylation sites (tertiary alicyclic amines) is 1. The van der Waals surface area contributed by atoms with Gasteiger partial charge < -0.3 is 0 Å². The Morgan fingerprint density at radius 2 is 1.82 bits per heavy atom. The van der Waals surface area contributed by atoms with Crippen LogP contribution in [0.5, 0.6) is 0 Å². The standard InChI is InChI=1S/C16H27N/c1-2-9-17-10-5-8-15-11-13-6-3-4-7-14(13)12-16(15)17/h15-16H,2-12H2,1H3/t15-,16-/m1/s1. The summed E-state index contributed by atoms with van der Waals surface area (Å²) in [5.41, 5.74) is 3.76. The van der Waals surface area contributed by atoms with Crippen molar-refractivity contribution in [2.45, 2.75) is 70.8 Å². The van der Waals surface area contributed by atoms with Crippen molar-refractivity contribution in [1.82, 2.24) is 4.90 Å². The van der Waals surface area contributed by atoms with Crippen molar-refractivity contribution in [2.75, 3.05) is 13.1 Å². The summed E-state index contributed by atoms with van der Waals surface area (Å²) in [6.45, 7) is 5.04. The van der Waals surface area contributed by atoms with Gasteiger partial charge in [-0.25, -0.2) is 0 Å². The number of hydrogen-bond acceptors (Lipinski definition) is 1. The molecule has 0 unspecified atom stereocenters. The number of rotatable bonds is 2. The second kappa shape index (κ2) is 5.14. The maximum absolute atomic E-state index is 2.81. The van der Waals surface area contributed by atoms with E-state index in [1.807, 2.05) is 11.1 Å². The lowest BCUT2D eigenvalue weighted by atomic mass is 9.71. The molecule has 0 spiro atoms. The molecule has 0 bridgehead atoms.